The Balaban J connectivity index is 2.16. The highest BCUT2D eigenvalue weighted by atomic mass is 16.5. The Bertz CT molecular complexity index is 413. The number of aldehydes is 1. The van der Waals surface area contributed by atoms with Crippen LogP contribution >= 0.6 is 0 Å². The molecule has 2 rings (SSSR count). The molecule has 2 aliphatic heterocycles. The number of rotatable bonds is 2. The lowest BCUT2D eigenvalue weighted by atomic mass is 9.86. The quantitative estimate of drug-likeness (QED) is 0.752. The van der Waals surface area contributed by atoms with Crippen LogP contribution in [0.1, 0.15) is 19.8 Å². The number of hydrogen-bond donors (Lipinski definition) is 2. The third kappa shape index (κ3) is 4.32. The second-order valence-electron chi connectivity index (χ2n) is 5.38. The summed E-state index contributed by atoms with van der Waals surface area (Å²) in [6.07, 6.45) is 10.7. The fourth-order valence-electron chi connectivity index (χ4n) is 2.67. The van der Waals surface area contributed by atoms with Gasteiger partial charge in [0, 0.05) is 31.5 Å². The normalized spacial score (nSPS) is 31.2. The van der Waals surface area contributed by atoms with Crippen molar-refractivity contribution in [2.45, 2.75) is 25.8 Å². The van der Waals surface area contributed by atoms with Crippen LogP contribution in [0.3, 0.4) is 0 Å². The van der Waals surface area contributed by atoms with Crippen molar-refractivity contribution >= 4 is 6.29 Å². The zero-order chi connectivity index (χ0) is 14.2. The topological polar surface area (TPSA) is 50.4 Å². The van der Waals surface area contributed by atoms with E-state index in [-0.39, 0.29) is 6.04 Å². The SMILES string of the molecule is CC1COCCN/C=C/C=C\C2=C1CC(CC=O)NC2. The maximum atomic E-state index is 10.7. The first-order valence-electron chi connectivity index (χ1n) is 7.34. The fourth-order valence-corrected chi connectivity index (χ4v) is 2.67. The zero-order valence-electron chi connectivity index (χ0n) is 12.1. The van der Waals surface area contributed by atoms with Gasteiger partial charge in [-0.15, -0.1) is 0 Å². The molecule has 0 saturated carbocycles. The summed E-state index contributed by atoms with van der Waals surface area (Å²) in [6.45, 7) is 5.33. The summed E-state index contributed by atoms with van der Waals surface area (Å²) in [5, 5.41) is 6.62. The first-order valence-corrected chi connectivity index (χ1v) is 7.34. The molecule has 110 valence electrons. The van der Waals surface area contributed by atoms with Gasteiger partial charge in [0.15, 0.2) is 0 Å². The molecule has 0 radical (unpaired) electrons. The number of carbonyl (C=O) groups excluding carboxylic acids is 1. The van der Waals surface area contributed by atoms with Crippen molar-refractivity contribution in [1.82, 2.24) is 10.6 Å². The van der Waals surface area contributed by atoms with Crippen LogP contribution in [-0.4, -0.2) is 38.6 Å². The second-order valence-corrected chi connectivity index (χ2v) is 5.38. The van der Waals surface area contributed by atoms with Crippen LogP contribution in [0.5, 0.6) is 0 Å². The molecule has 0 aliphatic carbocycles. The van der Waals surface area contributed by atoms with E-state index in [1.807, 2.05) is 12.3 Å². The van der Waals surface area contributed by atoms with Crippen molar-refractivity contribution in [2.24, 2.45) is 5.92 Å². The van der Waals surface area contributed by atoms with Gasteiger partial charge in [0.05, 0.1) is 13.2 Å². The van der Waals surface area contributed by atoms with E-state index in [4.69, 9.17) is 4.74 Å². The Morgan fingerprint density at radius 3 is 3.20 bits per heavy atom. The first-order chi connectivity index (χ1) is 9.81. The van der Waals surface area contributed by atoms with E-state index in [1.54, 1.807) is 0 Å². The fraction of sp³-hybridized carbons (Fsp3) is 0.562. The Morgan fingerprint density at radius 2 is 2.35 bits per heavy atom. The Labute approximate surface area is 121 Å². The molecule has 2 heterocycles. The van der Waals surface area contributed by atoms with Crippen LogP contribution in [-0.2, 0) is 9.53 Å². The molecule has 2 aliphatic rings. The largest absolute Gasteiger partial charge is 0.389 e. The van der Waals surface area contributed by atoms with Crippen LogP contribution in [0.25, 0.3) is 0 Å². The highest BCUT2D eigenvalue weighted by Crippen LogP contribution is 2.26. The van der Waals surface area contributed by atoms with Gasteiger partial charge in [0.2, 0.25) is 0 Å². The predicted molar refractivity (Wildman–Crippen MR) is 80.4 cm³/mol. The van der Waals surface area contributed by atoms with Gasteiger partial charge in [-0.3, -0.25) is 0 Å². The lowest BCUT2D eigenvalue weighted by Gasteiger charge is -2.30. The smallest absolute Gasteiger partial charge is 0.121 e. The molecule has 2 N–H and O–H groups in total. The molecule has 0 aromatic rings. The Kier molecular flexibility index (Phi) is 6.02. The lowest BCUT2D eigenvalue weighted by molar-refractivity contribution is -0.108. The van der Waals surface area contributed by atoms with Gasteiger partial charge in [-0.1, -0.05) is 24.6 Å². The molecule has 0 aromatic heterocycles. The highest BCUT2D eigenvalue weighted by Gasteiger charge is 2.22. The standard InChI is InChI=1S/C16H24N2O2/c1-13-12-20-9-7-17-6-3-2-4-14-11-18-15(5-8-19)10-16(13)14/h2-4,6,8,13,15,17-18H,5,7,9-12H2,1H3/b4-2-,6-3+. The van der Waals surface area contributed by atoms with E-state index < -0.39 is 0 Å². The molecule has 4 heteroatoms. The minimum absolute atomic E-state index is 0.271. The zero-order valence-corrected chi connectivity index (χ0v) is 12.1. The van der Waals surface area contributed by atoms with Crippen molar-refractivity contribution in [3.05, 3.63) is 35.6 Å². The van der Waals surface area contributed by atoms with Gasteiger partial charge in [-0.2, -0.15) is 0 Å². The molecule has 0 bridgehead atoms. The van der Waals surface area contributed by atoms with Crippen molar-refractivity contribution in [3.63, 3.8) is 0 Å². The minimum Gasteiger partial charge on any atom is -0.389 e. The van der Waals surface area contributed by atoms with Crippen LogP contribution in [0.2, 0.25) is 0 Å². The summed E-state index contributed by atoms with van der Waals surface area (Å²) in [5.74, 6) is 0.398. The van der Waals surface area contributed by atoms with Crippen molar-refractivity contribution in [1.29, 1.82) is 0 Å². The average Bonchev–Trinajstić information content (AvgIpc) is 2.45. The molecule has 2 atom stereocenters. The van der Waals surface area contributed by atoms with Crippen LogP contribution in [0.4, 0.5) is 0 Å². The number of ether oxygens (including phenoxy) is 1. The molecule has 0 aromatic carbocycles. The van der Waals surface area contributed by atoms with Gasteiger partial charge >= 0.3 is 0 Å². The van der Waals surface area contributed by atoms with Crippen molar-refractivity contribution in [3.8, 4) is 0 Å². The third-order valence-corrected chi connectivity index (χ3v) is 3.82. The lowest BCUT2D eigenvalue weighted by Crippen LogP contribution is -2.37. The molecule has 0 amide bonds. The first kappa shape index (κ1) is 15.0. The van der Waals surface area contributed by atoms with E-state index in [9.17, 15) is 4.79 Å². The molecule has 2 unspecified atom stereocenters. The van der Waals surface area contributed by atoms with E-state index in [0.29, 0.717) is 12.3 Å². The molecule has 20 heavy (non-hydrogen) atoms. The second kappa shape index (κ2) is 8.02. The molecule has 0 fully saturated rings. The van der Waals surface area contributed by atoms with E-state index in [2.05, 4.69) is 29.7 Å². The maximum Gasteiger partial charge on any atom is 0.121 e. The molecule has 4 nitrogen and oxygen atoms in total. The van der Waals surface area contributed by atoms with Crippen LogP contribution in [0, 0.1) is 5.92 Å². The van der Waals surface area contributed by atoms with Crippen molar-refractivity contribution < 1.29 is 9.53 Å². The molecular formula is C16H24N2O2. The van der Waals surface area contributed by atoms with Crippen molar-refractivity contribution in [2.75, 3.05) is 26.3 Å². The van der Waals surface area contributed by atoms with E-state index in [1.165, 1.54) is 11.1 Å². The summed E-state index contributed by atoms with van der Waals surface area (Å²) in [7, 11) is 0. The summed E-state index contributed by atoms with van der Waals surface area (Å²) >= 11 is 0. The number of carbonyl (C=O) groups is 1. The van der Waals surface area contributed by atoms with Gasteiger partial charge in [-0.25, -0.2) is 0 Å². The van der Waals surface area contributed by atoms with E-state index in [0.717, 1.165) is 39.0 Å². The molecular weight excluding hydrogens is 252 g/mol. The third-order valence-electron chi connectivity index (χ3n) is 3.82. The number of hydrogen-bond acceptors (Lipinski definition) is 4. The summed E-state index contributed by atoms with van der Waals surface area (Å²) in [6, 6.07) is 0.271. The van der Waals surface area contributed by atoms with Gasteiger partial charge in [0.25, 0.3) is 0 Å². The Morgan fingerprint density at radius 1 is 1.45 bits per heavy atom. The average molecular weight is 276 g/mol. The van der Waals surface area contributed by atoms with Gasteiger partial charge in [0.1, 0.15) is 6.29 Å². The summed E-state index contributed by atoms with van der Waals surface area (Å²) < 4.78 is 5.72. The molecule has 0 spiro atoms. The monoisotopic (exact) mass is 276 g/mol. The Hall–Kier alpha value is -1.39. The predicted octanol–water partition coefficient (Wildman–Crippen LogP) is 1.56. The maximum absolute atomic E-state index is 10.7. The minimum atomic E-state index is 0.271. The van der Waals surface area contributed by atoms with Gasteiger partial charge in [-0.05, 0) is 24.3 Å². The van der Waals surface area contributed by atoms with E-state index >= 15 is 0 Å². The highest BCUT2D eigenvalue weighted by molar-refractivity contribution is 5.51. The number of nitrogens with one attached hydrogen (secondary N) is 2. The summed E-state index contributed by atoms with van der Waals surface area (Å²) in [5.41, 5.74) is 2.75. The summed E-state index contributed by atoms with van der Waals surface area (Å²) in [4.78, 5) is 10.7. The molecule has 0 saturated heterocycles. The van der Waals surface area contributed by atoms with Gasteiger partial charge < -0.3 is 20.2 Å². The van der Waals surface area contributed by atoms with Crippen LogP contribution in [0.15, 0.2) is 35.6 Å². The number of allylic oxidation sites excluding steroid dienone is 2. The van der Waals surface area contributed by atoms with Crippen LogP contribution < -0.4 is 10.6 Å².